The van der Waals surface area contributed by atoms with Crippen LogP contribution in [0.3, 0.4) is 0 Å². The summed E-state index contributed by atoms with van der Waals surface area (Å²) in [5.74, 6) is -1.43. The highest BCUT2D eigenvalue weighted by molar-refractivity contribution is 6.06. The van der Waals surface area contributed by atoms with Crippen molar-refractivity contribution in [1.82, 2.24) is 24.4 Å². The number of benzene rings is 1. The van der Waals surface area contributed by atoms with Crippen molar-refractivity contribution in [2.75, 3.05) is 23.7 Å². The maximum atomic E-state index is 12.6. The number of carbonyl (C=O) groups is 3. The molecule has 5 aromatic rings. The van der Waals surface area contributed by atoms with E-state index in [4.69, 9.17) is 22.6 Å². The number of amides is 3. The Labute approximate surface area is 287 Å². The van der Waals surface area contributed by atoms with E-state index in [1.165, 1.54) is 12.1 Å². The van der Waals surface area contributed by atoms with E-state index in [0.29, 0.717) is 17.1 Å². The van der Waals surface area contributed by atoms with Crippen LogP contribution < -0.4 is 33.2 Å². The first-order chi connectivity index (χ1) is 21.5. The number of guanidine groups is 1. The molecule has 0 unspecified atom stereocenters. The molecule has 0 aliphatic heterocycles. The van der Waals surface area contributed by atoms with Gasteiger partial charge in [0.05, 0.1) is 28.2 Å². The number of amidine groups is 1. The predicted octanol–water partition coefficient (Wildman–Crippen LogP) is 1.69. The van der Waals surface area contributed by atoms with Gasteiger partial charge in [0.25, 0.3) is 11.8 Å². The van der Waals surface area contributed by atoms with Crippen molar-refractivity contribution >= 4 is 87.5 Å². The van der Waals surface area contributed by atoms with Crippen molar-refractivity contribution in [2.45, 2.75) is 6.42 Å². The molecule has 48 heavy (non-hydrogen) atoms. The number of nitrogens with one attached hydrogen (secondary N) is 4. The number of halogens is 2. The Morgan fingerprint density at radius 2 is 1.31 bits per heavy atom. The third-order valence-electron chi connectivity index (χ3n) is 6.45. The average molecular weight is 702 g/mol. The largest absolute Gasteiger partial charge is 0.412 e. The molecule has 18 heteroatoms. The molecule has 0 saturated heterocycles. The Hall–Kier alpha value is -5.71. The number of rotatable bonds is 9. The van der Waals surface area contributed by atoms with E-state index >= 15 is 0 Å². The second-order valence-electron chi connectivity index (χ2n) is 9.94. The predicted molar refractivity (Wildman–Crippen MR) is 192 cm³/mol. The first-order valence-electron chi connectivity index (χ1n) is 13.7. The monoisotopic (exact) mass is 700 g/mol. The van der Waals surface area contributed by atoms with Crippen LogP contribution in [0.5, 0.6) is 0 Å². The van der Waals surface area contributed by atoms with E-state index in [1.54, 1.807) is 48.0 Å². The molecule has 4 aromatic heterocycles. The number of pyridine rings is 2. The van der Waals surface area contributed by atoms with Gasteiger partial charge in [-0.3, -0.25) is 29.8 Å². The first kappa shape index (κ1) is 40.3. The molecule has 16 nitrogen and oxygen atoms in total. The Bertz CT molecular complexity index is 1860. The summed E-state index contributed by atoms with van der Waals surface area (Å²) in [6, 6.07) is 15.2. The molecule has 0 spiro atoms. The number of aromatic nitrogens is 4. The summed E-state index contributed by atoms with van der Waals surface area (Å²) in [4.78, 5) is 49.0. The minimum atomic E-state index is -0.436. The number of nitrogens with zero attached hydrogens (tertiary/aromatic N) is 5. The highest BCUT2D eigenvalue weighted by Gasteiger charge is 2.17. The molecule has 3 amide bonds. The lowest BCUT2D eigenvalue weighted by Crippen LogP contribution is -2.28. The van der Waals surface area contributed by atoms with Gasteiger partial charge in [0, 0.05) is 62.6 Å². The Balaban J connectivity index is 0.000000565. The number of fused-ring (bicyclic) bond motifs is 3. The second-order valence-corrected chi connectivity index (χ2v) is 9.94. The smallest absolute Gasteiger partial charge is 0.272 e. The van der Waals surface area contributed by atoms with E-state index in [9.17, 15) is 14.4 Å². The van der Waals surface area contributed by atoms with Crippen LogP contribution in [0.4, 0.5) is 11.4 Å². The van der Waals surface area contributed by atoms with Crippen LogP contribution in [0.15, 0.2) is 78.3 Å². The van der Waals surface area contributed by atoms with Gasteiger partial charge in [-0.15, -0.1) is 24.8 Å². The molecule has 0 aliphatic carbocycles. The minimum Gasteiger partial charge on any atom is -0.412 e. The molecule has 0 fully saturated rings. The number of nitrogens with two attached hydrogens (primary N) is 3. The summed E-state index contributed by atoms with van der Waals surface area (Å²) in [5, 5.41) is 17.4. The lowest BCUT2D eigenvalue weighted by Gasteiger charge is -2.04. The normalized spacial score (nSPS) is 9.79. The molecule has 256 valence electrons. The maximum Gasteiger partial charge on any atom is 0.272 e. The van der Waals surface area contributed by atoms with Crippen LogP contribution in [-0.4, -0.2) is 67.2 Å². The zero-order valence-corrected chi connectivity index (χ0v) is 27.7. The molecule has 0 bridgehead atoms. The number of carbonyl (C=O) groups excluding carboxylic acids is 3. The first-order valence-corrected chi connectivity index (χ1v) is 13.7. The number of aryl methyl sites for hydroxylation is 2. The number of aliphatic imine (C=N–C) groups is 1. The Morgan fingerprint density at radius 1 is 0.812 bits per heavy atom. The van der Waals surface area contributed by atoms with Gasteiger partial charge >= 0.3 is 0 Å². The van der Waals surface area contributed by atoms with E-state index in [0.717, 1.165) is 21.8 Å². The topological polar surface area (TPSA) is 269 Å². The lowest BCUT2D eigenvalue weighted by atomic mass is 10.1. The Morgan fingerprint density at radius 3 is 1.81 bits per heavy atom. The molecule has 0 atom stereocenters. The van der Waals surface area contributed by atoms with Crippen molar-refractivity contribution in [2.24, 2.45) is 36.3 Å². The van der Waals surface area contributed by atoms with Crippen LogP contribution in [0.2, 0.25) is 0 Å². The van der Waals surface area contributed by atoms with Crippen molar-refractivity contribution in [3.63, 3.8) is 0 Å². The minimum absolute atomic E-state index is 0. The standard InChI is InChI=1S/C18H26N10O3.C12H8N2.2ClH.H2O/c1-27-9-11(6-12(27)16(30)23-4-3-14(19)20)26-17(31)13-5-10(8-28(13)2)25-15(29)7-24-18(21)22;1-3-9-5-6-10-4-2-8-14-12(10)11(9)13-7-1;;;/h5-6,8-9H,3-4,7H2,1-2H3,(H3,19,20)(H,23,30)(H,25,29)(H,26,31)(H4,21,22,24);1-8H;2*1H;1H2. The van der Waals surface area contributed by atoms with Gasteiger partial charge in [-0.25, -0.2) is 4.99 Å². The van der Waals surface area contributed by atoms with Crippen molar-refractivity contribution in [3.05, 3.63) is 84.7 Å². The zero-order chi connectivity index (χ0) is 32.5. The molecule has 0 saturated carbocycles. The van der Waals surface area contributed by atoms with Crippen molar-refractivity contribution < 1.29 is 19.9 Å². The van der Waals surface area contributed by atoms with Crippen LogP contribution in [0, 0.1) is 5.41 Å². The summed E-state index contributed by atoms with van der Waals surface area (Å²) in [7, 11) is 3.32. The van der Waals surface area contributed by atoms with Gasteiger partial charge in [0.15, 0.2) is 5.96 Å². The number of hydrogen-bond donors (Lipinski definition) is 7. The molecule has 0 aliphatic rings. The van der Waals surface area contributed by atoms with E-state index in [-0.39, 0.29) is 73.2 Å². The number of anilines is 2. The zero-order valence-electron chi connectivity index (χ0n) is 26.1. The van der Waals surface area contributed by atoms with Crippen LogP contribution in [0.25, 0.3) is 21.8 Å². The molecule has 1 aromatic carbocycles. The van der Waals surface area contributed by atoms with E-state index in [2.05, 4.69) is 55.2 Å². The van der Waals surface area contributed by atoms with Gasteiger partial charge in [0.2, 0.25) is 5.91 Å². The fourth-order valence-corrected chi connectivity index (χ4v) is 4.36. The van der Waals surface area contributed by atoms with Crippen LogP contribution in [0.1, 0.15) is 27.4 Å². The highest BCUT2D eigenvalue weighted by Crippen LogP contribution is 2.21. The third-order valence-corrected chi connectivity index (χ3v) is 6.45. The van der Waals surface area contributed by atoms with Crippen molar-refractivity contribution in [3.8, 4) is 0 Å². The maximum absolute atomic E-state index is 12.6. The fourth-order valence-electron chi connectivity index (χ4n) is 4.36. The summed E-state index contributed by atoms with van der Waals surface area (Å²) in [6.45, 7) is 0.00208. The molecule has 12 N–H and O–H groups in total. The van der Waals surface area contributed by atoms with Crippen LogP contribution >= 0.6 is 24.8 Å². The number of hydrogen-bond acceptors (Lipinski definition) is 7. The molecular weight excluding hydrogens is 663 g/mol. The third kappa shape index (κ3) is 10.7. The van der Waals surface area contributed by atoms with Gasteiger partial charge in [0.1, 0.15) is 17.9 Å². The quantitative estimate of drug-likeness (QED) is 0.0673. The fraction of sp³-hybridized carbons (Fsp3) is 0.167. The van der Waals surface area contributed by atoms with Gasteiger partial charge in [-0.1, -0.05) is 24.3 Å². The molecule has 5 rings (SSSR count). The van der Waals surface area contributed by atoms with E-state index < -0.39 is 11.8 Å². The summed E-state index contributed by atoms with van der Waals surface area (Å²) >= 11 is 0. The second kappa shape index (κ2) is 18.4. The van der Waals surface area contributed by atoms with Gasteiger partial charge in [-0.05, 0) is 24.3 Å². The average Bonchev–Trinajstić information content (AvgIpc) is 3.56. The Kier molecular flexibility index (Phi) is 15.5. The van der Waals surface area contributed by atoms with Gasteiger partial charge in [-0.2, -0.15) is 0 Å². The van der Waals surface area contributed by atoms with Crippen LogP contribution in [-0.2, 0) is 18.9 Å². The van der Waals surface area contributed by atoms with Crippen molar-refractivity contribution in [1.29, 1.82) is 5.41 Å². The molecule has 0 radical (unpaired) electrons. The lowest BCUT2D eigenvalue weighted by molar-refractivity contribution is -0.114. The summed E-state index contributed by atoms with van der Waals surface area (Å²) in [6.07, 6.45) is 7.02. The SMILES string of the molecule is Cl.Cl.Cn1cc(NC(=O)c2cc(NC(=O)CN=C(N)N)cn2C)cc1C(=O)NCCC(=N)N.O.c1cnc2c(c1)ccc1cccnc12. The highest BCUT2D eigenvalue weighted by atomic mass is 35.5. The van der Waals surface area contributed by atoms with E-state index in [1.807, 2.05) is 12.1 Å². The van der Waals surface area contributed by atoms with Gasteiger partial charge < -0.3 is 47.8 Å². The summed E-state index contributed by atoms with van der Waals surface area (Å²) in [5.41, 5.74) is 19.0. The summed E-state index contributed by atoms with van der Waals surface area (Å²) < 4.78 is 3.11. The molecule has 4 heterocycles. The molecular formula is C30H38Cl2N12O4.